The number of piperidine rings is 1. The Kier molecular flexibility index (Phi) is 3.51. The number of amides is 1. The van der Waals surface area contributed by atoms with Crippen molar-refractivity contribution in [1.82, 2.24) is 4.90 Å². The second-order valence-corrected chi connectivity index (χ2v) is 5.72. The summed E-state index contributed by atoms with van der Waals surface area (Å²) in [6.07, 6.45) is 3.48. The third kappa shape index (κ3) is 2.21. The van der Waals surface area contributed by atoms with Crippen LogP contribution in [0.2, 0.25) is 0 Å². The van der Waals surface area contributed by atoms with Crippen LogP contribution < -0.4 is 0 Å². The van der Waals surface area contributed by atoms with Gasteiger partial charge in [0.2, 0.25) is 0 Å². The van der Waals surface area contributed by atoms with Gasteiger partial charge in [0, 0.05) is 24.0 Å². The smallest absolute Gasteiger partial charge is 0.289 e. The summed E-state index contributed by atoms with van der Waals surface area (Å²) in [7, 11) is 0. The van der Waals surface area contributed by atoms with Crippen LogP contribution in [0.1, 0.15) is 42.3 Å². The van der Waals surface area contributed by atoms with Gasteiger partial charge in [-0.1, -0.05) is 31.5 Å². The van der Waals surface area contributed by atoms with Crippen molar-refractivity contribution in [3.8, 4) is 0 Å². The molecule has 0 bridgehead atoms. The van der Waals surface area contributed by atoms with Crippen molar-refractivity contribution in [3.63, 3.8) is 0 Å². The molecule has 3 heteroatoms. The number of rotatable bonds is 2. The van der Waals surface area contributed by atoms with Crippen LogP contribution in [0.15, 0.2) is 28.7 Å². The number of fused-ring (bicyclic) bond motifs is 1. The minimum Gasteiger partial charge on any atom is -0.451 e. The van der Waals surface area contributed by atoms with Crippen molar-refractivity contribution >= 4 is 16.9 Å². The van der Waals surface area contributed by atoms with Crippen LogP contribution >= 0.6 is 0 Å². The SMILES string of the molecule is CCC1CCCN(C(=O)c2oc3ccccc3c2C)C1. The van der Waals surface area contributed by atoms with Gasteiger partial charge in [-0.15, -0.1) is 0 Å². The second-order valence-electron chi connectivity index (χ2n) is 5.72. The van der Waals surface area contributed by atoms with Crippen molar-refractivity contribution in [2.24, 2.45) is 5.92 Å². The van der Waals surface area contributed by atoms with E-state index in [4.69, 9.17) is 4.42 Å². The number of carbonyl (C=O) groups is 1. The first-order valence-electron chi connectivity index (χ1n) is 7.48. The highest BCUT2D eigenvalue weighted by atomic mass is 16.3. The summed E-state index contributed by atoms with van der Waals surface area (Å²) >= 11 is 0. The number of hydrogen-bond acceptors (Lipinski definition) is 2. The van der Waals surface area contributed by atoms with Crippen molar-refractivity contribution in [2.45, 2.75) is 33.1 Å². The molecule has 0 spiro atoms. The van der Waals surface area contributed by atoms with Gasteiger partial charge in [-0.3, -0.25) is 4.79 Å². The van der Waals surface area contributed by atoms with Crippen LogP contribution in [-0.2, 0) is 0 Å². The lowest BCUT2D eigenvalue weighted by molar-refractivity contribution is 0.0640. The Labute approximate surface area is 119 Å². The van der Waals surface area contributed by atoms with E-state index >= 15 is 0 Å². The molecule has 1 amide bonds. The van der Waals surface area contributed by atoms with Gasteiger partial charge in [-0.05, 0) is 31.7 Å². The maximum Gasteiger partial charge on any atom is 0.289 e. The molecule has 2 heterocycles. The summed E-state index contributed by atoms with van der Waals surface area (Å²) in [6.45, 7) is 5.89. The number of nitrogens with zero attached hydrogens (tertiary/aromatic N) is 1. The summed E-state index contributed by atoms with van der Waals surface area (Å²) in [4.78, 5) is 14.6. The average Bonchev–Trinajstić information content (AvgIpc) is 2.84. The quantitative estimate of drug-likeness (QED) is 0.827. The van der Waals surface area contributed by atoms with E-state index < -0.39 is 0 Å². The zero-order valence-electron chi connectivity index (χ0n) is 12.2. The number of aryl methyl sites for hydroxylation is 1. The van der Waals surface area contributed by atoms with Crippen LogP contribution in [0, 0.1) is 12.8 Å². The van der Waals surface area contributed by atoms with E-state index in [-0.39, 0.29) is 5.91 Å². The fourth-order valence-electron chi connectivity index (χ4n) is 3.10. The Balaban J connectivity index is 1.90. The Bertz CT molecular complexity index is 629. The summed E-state index contributed by atoms with van der Waals surface area (Å²) in [5, 5.41) is 1.04. The van der Waals surface area contributed by atoms with E-state index in [0.29, 0.717) is 11.7 Å². The van der Waals surface area contributed by atoms with Crippen molar-refractivity contribution in [2.75, 3.05) is 13.1 Å². The standard InChI is InChI=1S/C17H21NO2/c1-3-13-7-6-10-18(11-13)17(19)16-12(2)14-8-4-5-9-15(14)20-16/h4-5,8-9,13H,3,6-7,10-11H2,1-2H3. The highest BCUT2D eigenvalue weighted by Gasteiger charge is 2.27. The van der Waals surface area contributed by atoms with Gasteiger partial charge in [0.25, 0.3) is 5.91 Å². The third-order valence-corrected chi connectivity index (χ3v) is 4.42. The minimum absolute atomic E-state index is 0.0526. The summed E-state index contributed by atoms with van der Waals surface area (Å²) in [5.74, 6) is 1.21. The lowest BCUT2D eigenvalue weighted by atomic mass is 9.95. The number of benzene rings is 1. The molecule has 1 aromatic carbocycles. The zero-order chi connectivity index (χ0) is 14.1. The third-order valence-electron chi connectivity index (χ3n) is 4.42. The molecule has 3 rings (SSSR count). The number of para-hydroxylation sites is 1. The molecule has 1 aliphatic heterocycles. The first-order chi connectivity index (χ1) is 9.70. The summed E-state index contributed by atoms with van der Waals surface area (Å²) in [6, 6.07) is 7.85. The van der Waals surface area contributed by atoms with E-state index in [0.717, 1.165) is 42.5 Å². The molecule has 106 valence electrons. The molecule has 0 N–H and O–H groups in total. The molecular weight excluding hydrogens is 250 g/mol. The highest BCUT2D eigenvalue weighted by molar-refractivity contribution is 5.98. The van der Waals surface area contributed by atoms with E-state index in [9.17, 15) is 4.79 Å². The number of hydrogen-bond donors (Lipinski definition) is 0. The molecule has 0 aliphatic carbocycles. The van der Waals surface area contributed by atoms with Gasteiger partial charge in [0.05, 0.1) is 0 Å². The monoisotopic (exact) mass is 271 g/mol. The molecule has 20 heavy (non-hydrogen) atoms. The van der Waals surface area contributed by atoms with E-state index in [1.165, 1.54) is 6.42 Å². The molecule has 1 aliphatic rings. The second kappa shape index (κ2) is 5.31. The van der Waals surface area contributed by atoms with Crippen molar-refractivity contribution < 1.29 is 9.21 Å². The average molecular weight is 271 g/mol. The molecular formula is C17H21NO2. The number of carbonyl (C=O) groups excluding carboxylic acids is 1. The van der Waals surface area contributed by atoms with Crippen LogP contribution in [0.25, 0.3) is 11.0 Å². The molecule has 1 fully saturated rings. The normalized spacial score (nSPS) is 19.5. The summed E-state index contributed by atoms with van der Waals surface area (Å²) < 4.78 is 5.79. The van der Waals surface area contributed by atoms with Gasteiger partial charge >= 0.3 is 0 Å². The molecule has 0 radical (unpaired) electrons. The Morgan fingerprint density at radius 3 is 2.95 bits per heavy atom. The van der Waals surface area contributed by atoms with Gasteiger partial charge in [-0.2, -0.15) is 0 Å². The summed E-state index contributed by atoms with van der Waals surface area (Å²) in [5.41, 5.74) is 1.77. The van der Waals surface area contributed by atoms with Gasteiger partial charge in [0.1, 0.15) is 5.58 Å². The van der Waals surface area contributed by atoms with Gasteiger partial charge in [0.15, 0.2) is 5.76 Å². The van der Waals surface area contributed by atoms with E-state index in [1.54, 1.807) is 0 Å². The fourth-order valence-corrected chi connectivity index (χ4v) is 3.10. The van der Waals surface area contributed by atoms with Crippen LogP contribution in [0.5, 0.6) is 0 Å². The molecule has 0 saturated carbocycles. The van der Waals surface area contributed by atoms with Crippen LogP contribution in [0.4, 0.5) is 0 Å². The molecule has 2 aromatic rings. The predicted octanol–water partition coefficient (Wildman–Crippen LogP) is 4.00. The zero-order valence-corrected chi connectivity index (χ0v) is 12.2. The largest absolute Gasteiger partial charge is 0.451 e. The molecule has 1 unspecified atom stereocenters. The fraction of sp³-hybridized carbons (Fsp3) is 0.471. The molecule has 1 saturated heterocycles. The Morgan fingerprint density at radius 2 is 2.20 bits per heavy atom. The molecule has 1 aromatic heterocycles. The highest BCUT2D eigenvalue weighted by Crippen LogP contribution is 2.28. The van der Waals surface area contributed by atoms with Crippen molar-refractivity contribution in [3.05, 3.63) is 35.6 Å². The van der Waals surface area contributed by atoms with Crippen molar-refractivity contribution in [1.29, 1.82) is 0 Å². The first-order valence-corrected chi connectivity index (χ1v) is 7.48. The number of furan rings is 1. The van der Waals surface area contributed by atoms with Gasteiger partial charge < -0.3 is 9.32 Å². The maximum absolute atomic E-state index is 12.7. The maximum atomic E-state index is 12.7. The predicted molar refractivity (Wildman–Crippen MR) is 79.9 cm³/mol. The topological polar surface area (TPSA) is 33.5 Å². The first kappa shape index (κ1) is 13.2. The van der Waals surface area contributed by atoms with E-state index in [1.807, 2.05) is 36.1 Å². The Morgan fingerprint density at radius 1 is 1.40 bits per heavy atom. The van der Waals surface area contributed by atoms with Gasteiger partial charge in [-0.25, -0.2) is 0 Å². The van der Waals surface area contributed by atoms with Crippen LogP contribution in [0.3, 0.4) is 0 Å². The van der Waals surface area contributed by atoms with Crippen LogP contribution in [-0.4, -0.2) is 23.9 Å². The minimum atomic E-state index is 0.0526. The lowest BCUT2D eigenvalue weighted by Gasteiger charge is -2.31. The lowest BCUT2D eigenvalue weighted by Crippen LogP contribution is -2.39. The number of likely N-dealkylation sites (tertiary alicyclic amines) is 1. The van der Waals surface area contributed by atoms with E-state index in [2.05, 4.69) is 6.92 Å². The Hall–Kier alpha value is -1.77. The molecule has 3 nitrogen and oxygen atoms in total. The molecule has 1 atom stereocenters.